The Morgan fingerprint density at radius 1 is 1.19 bits per heavy atom. The summed E-state index contributed by atoms with van der Waals surface area (Å²) >= 11 is 0. The van der Waals surface area contributed by atoms with E-state index in [2.05, 4.69) is 38.2 Å². The van der Waals surface area contributed by atoms with Gasteiger partial charge in [-0.25, -0.2) is 0 Å². The molecule has 0 aliphatic rings. The second-order valence-electron chi connectivity index (χ2n) is 5.75. The van der Waals surface area contributed by atoms with E-state index in [1.807, 2.05) is 6.92 Å². The largest absolute Gasteiger partial charge is 0.496 e. The molecular formula is C17H27NO3. The van der Waals surface area contributed by atoms with E-state index in [9.17, 15) is 4.79 Å². The molecule has 0 aliphatic carbocycles. The highest BCUT2D eigenvalue weighted by atomic mass is 16.5. The molecule has 0 spiro atoms. The number of aryl methyl sites for hydroxylation is 2. The third-order valence-corrected chi connectivity index (χ3v) is 3.53. The maximum absolute atomic E-state index is 11.6. The summed E-state index contributed by atoms with van der Waals surface area (Å²) < 4.78 is 10.1. The van der Waals surface area contributed by atoms with Gasteiger partial charge in [0.15, 0.2) is 0 Å². The van der Waals surface area contributed by atoms with E-state index in [4.69, 9.17) is 9.47 Å². The Hall–Kier alpha value is -1.55. The molecule has 21 heavy (non-hydrogen) atoms. The van der Waals surface area contributed by atoms with Gasteiger partial charge < -0.3 is 14.8 Å². The van der Waals surface area contributed by atoms with E-state index < -0.39 is 0 Å². The number of methoxy groups -OCH3 is 2. The molecular weight excluding hydrogens is 266 g/mol. The molecule has 0 aliphatic heterocycles. The summed E-state index contributed by atoms with van der Waals surface area (Å²) in [6.07, 6.45) is 1.17. The van der Waals surface area contributed by atoms with Crippen molar-refractivity contribution < 1.29 is 14.3 Å². The third-order valence-electron chi connectivity index (χ3n) is 3.53. The summed E-state index contributed by atoms with van der Waals surface area (Å²) in [5, 5.41) is 3.44. The van der Waals surface area contributed by atoms with E-state index in [0.717, 1.165) is 17.7 Å². The number of rotatable bonds is 7. The summed E-state index contributed by atoms with van der Waals surface area (Å²) in [7, 11) is 3.11. The second kappa shape index (κ2) is 8.03. The minimum absolute atomic E-state index is 0.0731. The van der Waals surface area contributed by atoms with Crippen molar-refractivity contribution >= 4 is 5.97 Å². The van der Waals surface area contributed by atoms with Crippen LogP contribution in [0.5, 0.6) is 5.75 Å². The van der Waals surface area contributed by atoms with Gasteiger partial charge in [0.1, 0.15) is 5.75 Å². The molecule has 4 nitrogen and oxygen atoms in total. The van der Waals surface area contributed by atoms with E-state index in [-0.39, 0.29) is 12.0 Å². The van der Waals surface area contributed by atoms with Gasteiger partial charge in [0.25, 0.3) is 0 Å². The number of nitrogens with one attached hydrogen (secondary N) is 1. The molecule has 1 rings (SSSR count). The first-order chi connectivity index (χ1) is 9.87. The van der Waals surface area contributed by atoms with Crippen molar-refractivity contribution in [2.45, 2.75) is 52.6 Å². The molecule has 0 bridgehead atoms. The molecule has 0 heterocycles. The first-order valence-electron chi connectivity index (χ1n) is 7.34. The fraction of sp³-hybridized carbons (Fsp3) is 0.588. The fourth-order valence-electron chi connectivity index (χ4n) is 2.50. The minimum Gasteiger partial charge on any atom is -0.496 e. The minimum atomic E-state index is -0.184. The summed E-state index contributed by atoms with van der Waals surface area (Å²) in [6.45, 7) is 8.27. The molecule has 4 heteroatoms. The van der Waals surface area contributed by atoms with Crippen molar-refractivity contribution in [1.29, 1.82) is 0 Å². The maximum atomic E-state index is 11.6. The lowest BCUT2D eigenvalue weighted by Crippen LogP contribution is -2.38. The molecule has 0 saturated heterocycles. The van der Waals surface area contributed by atoms with Gasteiger partial charge >= 0.3 is 5.97 Å². The highest BCUT2D eigenvalue weighted by Crippen LogP contribution is 2.24. The van der Waals surface area contributed by atoms with Crippen LogP contribution in [0, 0.1) is 13.8 Å². The number of carbonyl (C=O) groups excluding carboxylic acids is 1. The van der Waals surface area contributed by atoms with Crippen LogP contribution in [-0.4, -0.2) is 32.3 Å². The summed E-state index contributed by atoms with van der Waals surface area (Å²) in [5.41, 5.74) is 3.52. The molecule has 0 fully saturated rings. The normalized spacial score (nSPS) is 12.3. The fourth-order valence-corrected chi connectivity index (χ4v) is 2.50. The second-order valence-corrected chi connectivity index (χ2v) is 5.75. The smallest absolute Gasteiger partial charge is 0.307 e. The lowest BCUT2D eigenvalue weighted by molar-refractivity contribution is -0.141. The quantitative estimate of drug-likeness (QED) is 0.785. The van der Waals surface area contributed by atoms with Crippen LogP contribution in [-0.2, 0) is 16.0 Å². The molecule has 1 atom stereocenters. The Morgan fingerprint density at radius 3 is 2.38 bits per heavy atom. The Bertz CT molecular complexity index is 483. The van der Waals surface area contributed by atoms with Crippen molar-refractivity contribution in [3.05, 3.63) is 28.8 Å². The van der Waals surface area contributed by atoms with Gasteiger partial charge in [-0.3, -0.25) is 4.79 Å². The van der Waals surface area contributed by atoms with Crippen LogP contribution in [0.25, 0.3) is 0 Å². The molecule has 0 radical (unpaired) electrons. The van der Waals surface area contributed by atoms with Gasteiger partial charge in [-0.05, 0) is 43.0 Å². The topological polar surface area (TPSA) is 47.6 Å². The summed E-state index contributed by atoms with van der Waals surface area (Å²) in [6, 6.07) is 4.58. The molecule has 0 saturated carbocycles. The summed E-state index contributed by atoms with van der Waals surface area (Å²) in [4.78, 5) is 11.6. The number of carbonyl (C=O) groups is 1. The number of hydrogen-bond donors (Lipinski definition) is 1. The zero-order valence-electron chi connectivity index (χ0n) is 13.9. The van der Waals surface area contributed by atoms with Crippen molar-refractivity contribution in [3.63, 3.8) is 0 Å². The van der Waals surface area contributed by atoms with Gasteiger partial charge in [0, 0.05) is 12.1 Å². The van der Waals surface area contributed by atoms with E-state index in [0.29, 0.717) is 12.5 Å². The standard InChI is InChI=1S/C17H27NO3/c1-11(2)18-15(10-17(19)21-6)9-14-7-13(4)16(20-5)8-12(14)3/h7-8,11,15,18H,9-10H2,1-6H3. The first-order valence-corrected chi connectivity index (χ1v) is 7.34. The van der Waals surface area contributed by atoms with Gasteiger partial charge in [-0.1, -0.05) is 19.9 Å². The Kier molecular flexibility index (Phi) is 6.69. The van der Waals surface area contributed by atoms with Crippen LogP contribution in [0.1, 0.15) is 37.0 Å². The van der Waals surface area contributed by atoms with Crippen molar-refractivity contribution in [2.24, 2.45) is 0 Å². The monoisotopic (exact) mass is 293 g/mol. The number of benzene rings is 1. The highest BCUT2D eigenvalue weighted by molar-refractivity contribution is 5.70. The van der Waals surface area contributed by atoms with Crippen LogP contribution in [0.4, 0.5) is 0 Å². The van der Waals surface area contributed by atoms with E-state index >= 15 is 0 Å². The van der Waals surface area contributed by atoms with Crippen molar-refractivity contribution in [3.8, 4) is 5.75 Å². The Balaban J connectivity index is 2.91. The van der Waals surface area contributed by atoms with Crippen molar-refractivity contribution in [1.82, 2.24) is 5.32 Å². The van der Waals surface area contributed by atoms with Crippen LogP contribution in [0.3, 0.4) is 0 Å². The lowest BCUT2D eigenvalue weighted by Gasteiger charge is -2.22. The van der Waals surface area contributed by atoms with E-state index in [1.165, 1.54) is 18.2 Å². The van der Waals surface area contributed by atoms with Crippen LogP contribution in [0.15, 0.2) is 12.1 Å². The van der Waals surface area contributed by atoms with Crippen LogP contribution >= 0.6 is 0 Å². The molecule has 1 unspecified atom stereocenters. The molecule has 118 valence electrons. The predicted molar refractivity (Wildman–Crippen MR) is 84.9 cm³/mol. The zero-order chi connectivity index (χ0) is 16.0. The average Bonchev–Trinajstić information content (AvgIpc) is 2.41. The van der Waals surface area contributed by atoms with Crippen LogP contribution < -0.4 is 10.1 Å². The average molecular weight is 293 g/mol. The van der Waals surface area contributed by atoms with Gasteiger partial charge in [0.2, 0.25) is 0 Å². The molecule has 1 N–H and O–H groups in total. The molecule has 0 amide bonds. The molecule has 1 aromatic carbocycles. The van der Waals surface area contributed by atoms with E-state index in [1.54, 1.807) is 7.11 Å². The highest BCUT2D eigenvalue weighted by Gasteiger charge is 2.17. The van der Waals surface area contributed by atoms with Gasteiger partial charge in [-0.2, -0.15) is 0 Å². The number of hydrogen-bond acceptors (Lipinski definition) is 4. The summed E-state index contributed by atoms with van der Waals surface area (Å²) in [5.74, 6) is 0.716. The molecule has 1 aromatic rings. The predicted octanol–water partition coefficient (Wildman–Crippen LogP) is 2.78. The Labute approximate surface area is 127 Å². The van der Waals surface area contributed by atoms with Crippen LogP contribution in [0.2, 0.25) is 0 Å². The first kappa shape index (κ1) is 17.5. The maximum Gasteiger partial charge on any atom is 0.307 e. The van der Waals surface area contributed by atoms with Crippen molar-refractivity contribution in [2.75, 3.05) is 14.2 Å². The molecule has 0 aromatic heterocycles. The van der Waals surface area contributed by atoms with Gasteiger partial charge in [0.05, 0.1) is 20.6 Å². The lowest BCUT2D eigenvalue weighted by atomic mass is 9.96. The number of esters is 1. The third kappa shape index (κ3) is 5.38. The number of ether oxygens (including phenoxy) is 2. The zero-order valence-corrected chi connectivity index (χ0v) is 13.9. The Morgan fingerprint density at radius 2 is 1.86 bits per heavy atom. The SMILES string of the molecule is COC(=O)CC(Cc1cc(C)c(OC)cc1C)NC(C)C. The van der Waals surface area contributed by atoms with Gasteiger partial charge in [-0.15, -0.1) is 0 Å².